The molecule has 1 heterocycles. The maximum atomic E-state index is 11.9. The van der Waals surface area contributed by atoms with E-state index in [1.807, 2.05) is 18.2 Å². The van der Waals surface area contributed by atoms with Crippen LogP contribution in [0.1, 0.15) is 18.9 Å². The van der Waals surface area contributed by atoms with Crippen LogP contribution in [-0.4, -0.2) is 35.5 Å². The van der Waals surface area contributed by atoms with Crippen LogP contribution in [0.2, 0.25) is 5.02 Å². The molecule has 0 aliphatic carbocycles. The third kappa shape index (κ3) is 2.88. The highest BCUT2D eigenvalue weighted by molar-refractivity contribution is 6.34. The summed E-state index contributed by atoms with van der Waals surface area (Å²) in [4.78, 5) is 17.2. The maximum absolute atomic E-state index is 11.9. The molecule has 19 heavy (non-hydrogen) atoms. The van der Waals surface area contributed by atoms with Gasteiger partial charge in [0.2, 0.25) is 5.60 Å². The number of nitrogens with zero attached hydrogens (tertiary/aromatic N) is 1. The number of aliphatic hydroxyl groups excluding tert-OH is 1. The quantitative estimate of drug-likeness (QED) is 0.875. The lowest BCUT2D eigenvalue weighted by Crippen LogP contribution is -2.45. The maximum Gasteiger partial charge on any atom is 0.267 e. The first kappa shape index (κ1) is 13.8. The molecule has 1 aliphatic heterocycles. The van der Waals surface area contributed by atoms with Crippen molar-refractivity contribution in [2.45, 2.75) is 18.9 Å². The highest BCUT2D eigenvalue weighted by Crippen LogP contribution is 2.29. The normalized spacial score (nSPS) is 21.7. The van der Waals surface area contributed by atoms with Crippen LogP contribution in [0.25, 0.3) is 0 Å². The zero-order valence-electron chi connectivity index (χ0n) is 10.5. The number of halogens is 1. The fourth-order valence-electron chi connectivity index (χ4n) is 1.86. The molecular weight excluding hydrogens is 268 g/mol. The van der Waals surface area contributed by atoms with Crippen molar-refractivity contribution in [3.05, 3.63) is 34.9 Å². The molecule has 1 aromatic carbocycles. The van der Waals surface area contributed by atoms with E-state index < -0.39 is 5.60 Å². The molecule has 1 atom stereocenters. The molecule has 0 saturated carbocycles. The zero-order chi connectivity index (χ0) is 13.9. The minimum absolute atomic E-state index is 0.111. The molecule has 1 unspecified atom stereocenters. The van der Waals surface area contributed by atoms with Gasteiger partial charge in [-0.15, -0.1) is 0 Å². The second kappa shape index (κ2) is 5.59. The Balaban J connectivity index is 2.10. The molecule has 0 saturated heterocycles. The van der Waals surface area contributed by atoms with Gasteiger partial charge < -0.3 is 15.3 Å². The molecule has 102 valence electrons. The van der Waals surface area contributed by atoms with Crippen molar-refractivity contribution in [3.8, 4) is 0 Å². The summed E-state index contributed by atoms with van der Waals surface area (Å²) >= 11 is 6.09. The van der Waals surface area contributed by atoms with Gasteiger partial charge in [-0.2, -0.15) is 0 Å². The minimum atomic E-state index is -1.05. The summed E-state index contributed by atoms with van der Waals surface area (Å²) in [5, 5.41) is 15.8. The fraction of sp³-hybridized carbons (Fsp3) is 0.385. The standard InChI is InChI=1S/C13H15ClN2O3/c1-13(12(18)15-6-7-17)8-11(16-19-13)9-4-2-3-5-10(9)14/h2-5,17H,6-8H2,1H3,(H,15,18). The van der Waals surface area contributed by atoms with Crippen LogP contribution in [-0.2, 0) is 9.63 Å². The van der Waals surface area contributed by atoms with Crippen molar-refractivity contribution in [3.63, 3.8) is 0 Å². The second-order valence-electron chi connectivity index (χ2n) is 4.50. The largest absolute Gasteiger partial charge is 0.395 e. The number of carbonyl (C=O) groups excluding carboxylic acids is 1. The summed E-state index contributed by atoms with van der Waals surface area (Å²) in [6, 6.07) is 7.28. The molecule has 5 nitrogen and oxygen atoms in total. The van der Waals surface area contributed by atoms with Gasteiger partial charge >= 0.3 is 0 Å². The van der Waals surface area contributed by atoms with E-state index in [1.165, 1.54) is 0 Å². The first-order valence-electron chi connectivity index (χ1n) is 5.96. The predicted molar refractivity (Wildman–Crippen MR) is 72.2 cm³/mol. The second-order valence-corrected chi connectivity index (χ2v) is 4.90. The summed E-state index contributed by atoms with van der Waals surface area (Å²) in [5.41, 5.74) is 0.360. The smallest absolute Gasteiger partial charge is 0.267 e. The summed E-state index contributed by atoms with van der Waals surface area (Å²) in [5.74, 6) is -0.299. The Morgan fingerprint density at radius 1 is 1.58 bits per heavy atom. The van der Waals surface area contributed by atoms with E-state index in [4.69, 9.17) is 21.5 Å². The van der Waals surface area contributed by atoms with Gasteiger partial charge in [0.1, 0.15) is 0 Å². The summed E-state index contributed by atoms with van der Waals surface area (Å²) in [7, 11) is 0. The molecule has 1 aliphatic rings. The molecule has 2 N–H and O–H groups in total. The fourth-order valence-corrected chi connectivity index (χ4v) is 2.10. The van der Waals surface area contributed by atoms with Crippen molar-refractivity contribution in [2.75, 3.05) is 13.2 Å². The highest BCUT2D eigenvalue weighted by atomic mass is 35.5. The number of nitrogens with one attached hydrogen (secondary N) is 1. The van der Waals surface area contributed by atoms with Gasteiger partial charge in [-0.25, -0.2) is 0 Å². The topological polar surface area (TPSA) is 70.9 Å². The van der Waals surface area contributed by atoms with E-state index in [0.29, 0.717) is 17.2 Å². The van der Waals surface area contributed by atoms with Crippen molar-refractivity contribution in [1.82, 2.24) is 5.32 Å². The van der Waals surface area contributed by atoms with Gasteiger partial charge in [0.05, 0.1) is 12.3 Å². The lowest BCUT2D eigenvalue weighted by atomic mass is 9.95. The molecule has 6 heteroatoms. The SMILES string of the molecule is CC1(C(=O)NCCO)CC(c2ccccc2Cl)=NO1. The molecule has 0 spiro atoms. The van der Waals surface area contributed by atoms with Crippen LogP contribution < -0.4 is 5.32 Å². The van der Waals surface area contributed by atoms with E-state index in [1.54, 1.807) is 13.0 Å². The monoisotopic (exact) mass is 282 g/mol. The number of amides is 1. The Labute approximate surface area is 116 Å². The van der Waals surface area contributed by atoms with Crippen LogP contribution in [0.5, 0.6) is 0 Å². The molecule has 0 bridgehead atoms. The van der Waals surface area contributed by atoms with E-state index in [-0.39, 0.29) is 19.1 Å². The number of carbonyl (C=O) groups is 1. The Bertz CT molecular complexity index is 518. The molecule has 1 amide bonds. The van der Waals surface area contributed by atoms with Crippen LogP contribution in [0.3, 0.4) is 0 Å². The highest BCUT2D eigenvalue weighted by Gasteiger charge is 2.42. The summed E-state index contributed by atoms with van der Waals surface area (Å²) in [6.07, 6.45) is 0.341. The van der Waals surface area contributed by atoms with Gasteiger partial charge in [0, 0.05) is 23.6 Å². The van der Waals surface area contributed by atoms with Gasteiger partial charge in [0.15, 0.2) is 0 Å². The number of hydrogen-bond donors (Lipinski definition) is 2. The Hall–Kier alpha value is -1.59. The molecule has 1 aromatic rings. The lowest BCUT2D eigenvalue weighted by Gasteiger charge is -2.20. The Morgan fingerprint density at radius 2 is 2.32 bits per heavy atom. The Morgan fingerprint density at radius 3 is 3.00 bits per heavy atom. The minimum Gasteiger partial charge on any atom is -0.395 e. The number of hydrogen-bond acceptors (Lipinski definition) is 4. The summed E-state index contributed by atoms with van der Waals surface area (Å²) in [6.45, 7) is 1.74. The van der Waals surface area contributed by atoms with Gasteiger partial charge in [-0.05, 0) is 13.0 Å². The van der Waals surface area contributed by atoms with Crippen LogP contribution >= 0.6 is 11.6 Å². The van der Waals surface area contributed by atoms with Crippen molar-refractivity contribution < 1.29 is 14.7 Å². The van der Waals surface area contributed by atoms with E-state index >= 15 is 0 Å². The number of oxime groups is 1. The summed E-state index contributed by atoms with van der Waals surface area (Å²) < 4.78 is 0. The molecule has 2 rings (SSSR count). The third-order valence-electron chi connectivity index (χ3n) is 2.92. The average Bonchev–Trinajstić information content (AvgIpc) is 2.80. The predicted octanol–water partition coefficient (Wildman–Crippen LogP) is 1.33. The van der Waals surface area contributed by atoms with Gasteiger partial charge in [0.25, 0.3) is 5.91 Å². The van der Waals surface area contributed by atoms with Crippen LogP contribution in [0, 0.1) is 0 Å². The lowest BCUT2D eigenvalue weighted by molar-refractivity contribution is -0.141. The van der Waals surface area contributed by atoms with E-state index in [2.05, 4.69) is 10.5 Å². The van der Waals surface area contributed by atoms with Gasteiger partial charge in [-0.1, -0.05) is 35.0 Å². The third-order valence-corrected chi connectivity index (χ3v) is 3.25. The molecule has 0 fully saturated rings. The number of aliphatic hydroxyl groups is 1. The van der Waals surface area contributed by atoms with Crippen LogP contribution in [0.4, 0.5) is 0 Å². The number of benzene rings is 1. The Kier molecular flexibility index (Phi) is 4.07. The molecule has 0 radical (unpaired) electrons. The van der Waals surface area contributed by atoms with Crippen LogP contribution in [0.15, 0.2) is 29.4 Å². The average molecular weight is 283 g/mol. The van der Waals surface area contributed by atoms with Crippen molar-refractivity contribution in [2.24, 2.45) is 5.16 Å². The van der Waals surface area contributed by atoms with Crippen molar-refractivity contribution >= 4 is 23.2 Å². The van der Waals surface area contributed by atoms with E-state index in [0.717, 1.165) is 5.56 Å². The van der Waals surface area contributed by atoms with Crippen molar-refractivity contribution in [1.29, 1.82) is 0 Å². The zero-order valence-corrected chi connectivity index (χ0v) is 11.3. The first-order valence-corrected chi connectivity index (χ1v) is 6.34. The molecule has 0 aromatic heterocycles. The first-order chi connectivity index (χ1) is 9.07. The molecular formula is C13H15ClN2O3. The van der Waals surface area contributed by atoms with E-state index in [9.17, 15) is 4.79 Å². The number of rotatable bonds is 4. The van der Waals surface area contributed by atoms with Gasteiger partial charge in [-0.3, -0.25) is 4.79 Å².